The molecule has 0 saturated heterocycles. The number of oxazole rings is 1. The van der Waals surface area contributed by atoms with Crippen LogP contribution in [0.1, 0.15) is 56.1 Å². The van der Waals surface area contributed by atoms with E-state index in [-0.39, 0.29) is 11.3 Å². The average molecular weight is 415 g/mol. The molecule has 0 unspecified atom stereocenters. The highest BCUT2D eigenvalue weighted by atomic mass is 16.3. The van der Waals surface area contributed by atoms with Crippen molar-refractivity contribution in [3.05, 3.63) is 47.5 Å². The van der Waals surface area contributed by atoms with Gasteiger partial charge in [-0.1, -0.05) is 6.07 Å². The highest BCUT2D eigenvalue weighted by Crippen LogP contribution is 2.61. The van der Waals surface area contributed by atoms with Crippen LogP contribution in [0.4, 0.5) is 5.69 Å². The summed E-state index contributed by atoms with van der Waals surface area (Å²) in [5.74, 6) is 3.38. The van der Waals surface area contributed by atoms with Crippen molar-refractivity contribution in [2.75, 3.05) is 5.32 Å². The van der Waals surface area contributed by atoms with Crippen LogP contribution in [-0.4, -0.2) is 10.9 Å². The molecule has 0 spiro atoms. The summed E-state index contributed by atoms with van der Waals surface area (Å²) in [5, 5.41) is 3.15. The molecule has 3 aromatic rings. The molecule has 4 aliphatic rings. The van der Waals surface area contributed by atoms with Crippen molar-refractivity contribution in [1.82, 2.24) is 4.98 Å². The molecular formula is C27H30N2O2. The Balaban J connectivity index is 1.19. The second-order valence-electron chi connectivity index (χ2n) is 10.6. The lowest BCUT2D eigenvalue weighted by atomic mass is 9.49. The van der Waals surface area contributed by atoms with Crippen LogP contribution in [0.2, 0.25) is 0 Å². The van der Waals surface area contributed by atoms with Gasteiger partial charge >= 0.3 is 0 Å². The first kappa shape index (κ1) is 19.1. The number of anilines is 1. The minimum absolute atomic E-state index is 0.152. The van der Waals surface area contributed by atoms with Gasteiger partial charge < -0.3 is 9.73 Å². The zero-order valence-electron chi connectivity index (χ0n) is 18.4. The molecule has 2 aromatic carbocycles. The van der Waals surface area contributed by atoms with Crippen LogP contribution in [0.15, 0.2) is 40.8 Å². The zero-order valence-corrected chi connectivity index (χ0v) is 18.4. The van der Waals surface area contributed by atoms with Crippen molar-refractivity contribution in [3.8, 4) is 11.5 Å². The molecular weight excluding hydrogens is 384 g/mol. The Hall–Kier alpha value is -2.62. The molecule has 1 heterocycles. The van der Waals surface area contributed by atoms with Crippen LogP contribution in [0, 0.1) is 37.0 Å². The van der Waals surface area contributed by atoms with Gasteiger partial charge in [0, 0.05) is 17.7 Å². The van der Waals surface area contributed by atoms with Crippen molar-refractivity contribution in [3.63, 3.8) is 0 Å². The minimum Gasteiger partial charge on any atom is -0.436 e. The number of benzene rings is 2. The van der Waals surface area contributed by atoms with Crippen molar-refractivity contribution < 1.29 is 9.21 Å². The highest BCUT2D eigenvalue weighted by molar-refractivity contribution is 5.93. The van der Waals surface area contributed by atoms with Gasteiger partial charge in [-0.15, -0.1) is 0 Å². The molecule has 4 aliphatic carbocycles. The molecule has 4 nitrogen and oxygen atoms in total. The number of rotatable bonds is 4. The Morgan fingerprint density at radius 2 is 1.71 bits per heavy atom. The van der Waals surface area contributed by atoms with E-state index in [0.29, 0.717) is 12.3 Å². The topological polar surface area (TPSA) is 55.1 Å². The van der Waals surface area contributed by atoms with Crippen LogP contribution < -0.4 is 5.32 Å². The summed E-state index contributed by atoms with van der Waals surface area (Å²) in [6.07, 6.45) is 8.67. The molecule has 31 heavy (non-hydrogen) atoms. The van der Waals surface area contributed by atoms with Gasteiger partial charge in [-0.2, -0.15) is 0 Å². The molecule has 1 amide bonds. The Bertz CT molecular complexity index is 1140. The second-order valence-corrected chi connectivity index (χ2v) is 10.6. The van der Waals surface area contributed by atoms with Crippen molar-refractivity contribution in [2.45, 2.75) is 58.8 Å². The number of hydrogen-bond acceptors (Lipinski definition) is 3. The summed E-state index contributed by atoms with van der Waals surface area (Å²) in [7, 11) is 0. The van der Waals surface area contributed by atoms with Gasteiger partial charge in [0.15, 0.2) is 5.58 Å². The van der Waals surface area contributed by atoms with Crippen LogP contribution in [0.25, 0.3) is 22.6 Å². The van der Waals surface area contributed by atoms with Crippen LogP contribution in [0.3, 0.4) is 0 Å². The highest BCUT2D eigenvalue weighted by Gasteiger charge is 2.51. The Morgan fingerprint density at radius 3 is 2.39 bits per heavy atom. The third kappa shape index (κ3) is 3.46. The van der Waals surface area contributed by atoms with Gasteiger partial charge in [0.2, 0.25) is 11.8 Å². The van der Waals surface area contributed by atoms with Crippen LogP contribution in [-0.2, 0) is 4.79 Å². The normalized spacial score (nSPS) is 28.9. The SMILES string of the molecule is Cc1ccc(-c2nc3cc(NC(=O)CC45CC6CC(CC(C6)C4)C5)ccc3o2)cc1C. The van der Waals surface area contributed by atoms with Crippen molar-refractivity contribution in [2.24, 2.45) is 23.2 Å². The minimum atomic E-state index is 0.152. The van der Waals surface area contributed by atoms with E-state index < -0.39 is 0 Å². The fraction of sp³-hybridized carbons (Fsp3) is 0.481. The van der Waals surface area contributed by atoms with Gasteiger partial charge in [-0.25, -0.2) is 4.98 Å². The van der Waals surface area contributed by atoms with E-state index in [4.69, 9.17) is 4.42 Å². The van der Waals surface area contributed by atoms with E-state index in [1.807, 2.05) is 24.3 Å². The van der Waals surface area contributed by atoms with E-state index in [0.717, 1.165) is 40.1 Å². The molecule has 0 radical (unpaired) electrons. The molecule has 1 N–H and O–H groups in total. The number of aromatic nitrogens is 1. The van der Waals surface area contributed by atoms with Crippen molar-refractivity contribution >= 4 is 22.7 Å². The lowest BCUT2D eigenvalue weighted by Crippen LogP contribution is -2.47. The smallest absolute Gasteiger partial charge is 0.227 e. The Kier molecular flexibility index (Phi) is 4.28. The number of aryl methyl sites for hydroxylation is 2. The zero-order chi connectivity index (χ0) is 21.2. The maximum atomic E-state index is 13.0. The molecule has 0 atom stereocenters. The monoisotopic (exact) mass is 414 g/mol. The largest absolute Gasteiger partial charge is 0.436 e. The number of fused-ring (bicyclic) bond motifs is 1. The van der Waals surface area contributed by atoms with Gasteiger partial charge in [0.05, 0.1) is 0 Å². The van der Waals surface area contributed by atoms with Crippen LogP contribution in [0.5, 0.6) is 0 Å². The number of carbonyl (C=O) groups excluding carboxylic acids is 1. The first-order chi connectivity index (χ1) is 14.9. The third-order valence-electron chi connectivity index (χ3n) is 8.13. The van der Waals surface area contributed by atoms with Crippen molar-refractivity contribution in [1.29, 1.82) is 0 Å². The molecule has 4 bridgehead atoms. The quantitative estimate of drug-likeness (QED) is 0.519. The van der Waals surface area contributed by atoms with Crippen LogP contribution >= 0.6 is 0 Å². The predicted molar refractivity (Wildman–Crippen MR) is 123 cm³/mol. The maximum absolute atomic E-state index is 13.0. The van der Waals surface area contributed by atoms with E-state index in [9.17, 15) is 4.79 Å². The maximum Gasteiger partial charge on any atom is 0.227 e. The number of hydrogen-bond donors (Lipinski definition) is 1. The summed E-state index contributed by atoms with van der Waals surface area (Å²) in [4.78, 5) is 17.7. The number of nitrogens with one attached hydrogen (secondary N) is 1. The van der Waals surface area contributed by atoms with Gasteiger partial charge in [-0.05, 0) is 117 Å². The van der Waals surface area contributed by atoms with Gasteiger partial charge in [-0.3, -0.25) is 4.79 Å². The van der Waals surface area contributed by atoms with E-state index in [2.05, 4.69) is 36.3 Å². The fourth-order valence-corrected chi connectivity index (χ4v) is 7.06. The first-order valence-corrected chi connectivity index (χ1v) is 11.7. The summed E-state index contributed by atoms with van der Waals surface area (Å²) in [5.41, 5.74) is 6.04. The number of nitrogens with zero attached hydrogens (tertiary/aromatic N) is 1. The molecule has 7 rings (SSSR count). The average Bonchev–Trinajstić information content (AvgIpc) is 3.12. The number of amides is 1. The summed E-state index contributed by atoms with van der Waals surface area (Å²) in [6.45, 7) is 4.20. The lowest BCUT2D eigenvalue weighted by Gasteiger charge is -2.56. The van der Waals surface area contributed by atoms with E-state index >= 15 is 0 Å². The summed E-state index contributed by atoms with van der Waals surface area (Å²) >= 11 is 0. The summed E-state index contributed by atoms with van der Waals surface area (Å²) < 4.78 is 5.98. The molecule has 0 aliphatic heterocycles. The molecule has 4 fully saturated rings. The van der Waals surface area contributed by atoms with E-state index in [1.54, 1.807) is 0 Å². The van der Waals surface area contributed by atoms with E-state index in [1.165, 1.54) is 49.7 Å². The fourth-order valence-electron chi connectivity index (χ4n) is 7.06. The first-order valence-electron chi connectivity index (χ1n) is 11.7. The second kappa shape index (κ2) is 6.94. The predicted octanol–water partition coefficient (Wildman–Crippen LogP) is 6.66. The Morgan fingerprint density at radius 1 is 1.00 bits per heavy atom. The third-order valence-corrected chi connectivity index (χ3v) is 8.13. The summed E-state index contributed by atoms with van der Waals surface area (Å²) in [6, 6.07) is 12.0. The Labute approximate surface area is 183 Å². The molecule has 1 aromatic heterocycles. The standard InChI is InChI=1S/C27H30N2O2/c1-16-3-4-21(7-17(16)2)26-29-23-11-22(5-6-24(23)31-26)28-25(30)15-27-12-18-8-19(13-27)10-20(9-18)14-27/h3-7,11,18-20H,8-10,12-15H2,1-2H3,(H,28,30). The molecule has 4 heteroatoms. The van der Waals surface area contributed by atoms with Gasteiger partial charge in [0.25, 0.3) is 0 Å². The lowest BCUT2D eigenvalue weighted by molar-refractivity contribution is -0.124. The van der Waals surface area contributed by atoms with Gasteiger partial charge in [0.1, 0.15) is 5.52 Å². The molecule has 4 saturated carbocycles. The molecule has 160 valence electrons. The number of carbonyl (C=O) groups is 1.